The van der Waals surface area contributed by atoms with Crippen molar-refractivity contribution in [3.05, 3.63) is 35.9 Å². The molecule has 0 aliphatic carbocycles. The number of rotatable bonds is 4. The van der Waals surface area contributed by atoms with Crippen LogP contribution in [0.3, 0.4) is 0 Å². The van der Waals surface area contributed by atoms with Crippen LogP contribution in [-0.2, 0) is 13.6 Å². The minimum Gasteiger partial charge on any atom is -0.494 e. The number of benzene rings is 1. The molecule has 2 rings (SSSR count). The molecule has 1 N–H and O–H groups in total. The summed E-state index contributed by atoms with van der Waals surface area (Å²) in [5.74, 6) is -0.118. The highest BCUT2D eigenvalue weighted by Crippen LogP contribution is 2.27. The standard InChI is InChI=1S/C13H16FN3O/c1-15-8-12-10(7-16-17(12)2)9-4-5-13(18-3)11(14)6-9/h4-7,15H,8H2,1-3H3. The molecule has 0 bridgehead atoms. The van der Waals surface area contributed by atoms with Gasteiger partial charge < -0.3 is 10.1 Å². The van der Waals surface area contributed by atoms with Crippen LogP contribution in [0.1, 0.15) is 5.69 Å². The first-order valence-electron chi connectivity index (χ1n) is 5.66. The summed E-state index contributed by atoms with van der Waals surface area (Å²) in [6.07, 6.45) is 1.74. The smallest absolute Gasteiger partial charge is 0.165 e. The van der Waals surface area contributed by atoms with Gasteiger partial charge in [-0.2, -0.15) is 5.10 Å². The van der Waals surface area contributed by atoms with Gasteiger partial charge in [-0.3, -0.25) is 4.68 Å². The minimum absolute atomic E-state index is 0.248. The zero-order valence-corrected chi connectivity index (χ0v) is 10.7. The van der Waals surface area contributed by atoms with E-state index in [1.807, 2.05) is 20.2 Å². The van der Waals surface area contributed by atoms with Crippen LogP contribution in [0.4, 0.5) is 4.39 Å². The van der Waals surface area contributed by atoms with E-state index >= 15 is 0 Å². The van der Waals surface area contributed by atoms with Gasteiger partial charge in [-0.25, -0.2) is 4.39 Å². The van der Waals surface area contributed by atoms with Gasteiger partial charge in [0.1, 0.15) is 0 Å². The van der Waals surface area contributed by atoms with Gasteiger partial charge in [-0.05, 0) is 24.7 Å². The van der Waals surface area contributed by atoms with Crippen molar-refractivity contribution in [1.82, 2.24) is 15.1 Å². The molecule has 18 heavy (non-hydrogen) atoms. The van der Waals surface area contributed by atoms with Crippen LogP contribution in [0, 0.1) is 5.82 Å². The van der Waals surface area contributed by atoms with E-state index < -0.39 is 0 Å². The van der Waals surface area contributed by atoms with E-state index in [2.05, 4.69) is 10.4 Å². The molecule has 1 aromatic heterocycles. The molecule has 96 valence electrons. The summed E-state index contributed by atoms with van der Waals surface area (Å²) in [7, 11) is 5.19. The SMILES string of the molecule is CNCc1c(-c2ccc(OC)c(F)c2)cnn1C. The van der Waals surface area contributed by atoms with Crippen LogP contribution < -0.4 is 10.1 Å². The van der Waals surface area contributed by atoms with E-state index in [0.29, 0.717) is 6.54 Å². The molecule has 0 fully saturated rings. The number of ether oxygens (including phenoxy) is 1. The number of nitrogens with one attached hydrogen (secondary N) is 1. The lowest BCUT2D eigenvalue weighted by Crippen LogP contribution is -2.10. The Bertz CT molecular complexity index is 551. The van der Waals surface area contributed by atoms with Crippen molar-refractivity contribution in [3.63, 3.8) is 0 Å². The Labute approximate surface area is 105 Å². The van der Waals surface area contributed by atoms with Crippen molar-refractivity contribution in [1.29, 1.82) is 0 Å². The molecular weight excluding hydrogens is 233 g/mol. The van der Waals surface area contributed by atoms with Crippen LogP contribution in [0.25, 0.3) is 11.1 Å². The van der Waals surface area contributed by atoms with E-state index in [1.165, 1.54) is 13.2 Å². The van der Waals surface area contributed by atoms with Gasteiger partial charge in [0.2, 0.25) is 0 Å². The number of hydrogen-bond acceptors (Lipinski definition) is 3. The molecule has 0 amide bonds. The predicted octanol–water partition coefficient (Wildman–Crippen LogP) is 1.95. The summed E-state index contributed by atoms with van der Waals surface area (Å²) < 4.78 is 20.4. The molecule has 1 aromatic carbocycles. The lowest BCUT2D eigenvalue weighted by molar-refractivity contribution is 0.386. The maximum absolute atomic E-state index is 13.7. The first kappa shape index (κ1) is 12.6. The Balaban J connectivity index is 2.45. The highest BCUT2D eigenvalue weighted by Gasteiger charge is 2.12. The first-order valence-corrected chi connectivity index (χ1v) is 5.66. The van der Waals surface area contributed by atoms with Crippen molar-refractivity contribution in [2.24, 2.45) is 7.05 Å². The molecule has 2 aromatic rings. The second-order valence-corrected chi connectivity index (χ2v) is 4.01. The van der Waals surface area contributed by atoms with Gasteiger partial charge >= 0.3 is 0 Å². The molecule has 0 radical (unpaired) electrons. The Morgan fingerprint density at radius 2 is 2.22 bits per heavy atom. The molecule has 5 heteroatoms. The van der Waals surface area contributed by atoms with E-state index in [-0.39, 0.29) is 11.6 Å². The zero-order chi connectivity index (χ0) is 13.1. The number of aromatic nitrogens is 2. The second-order valence-electron chi connectivity index (χ2n) is 4.01. The third kappa shape index (κ3) is 2.22. The van der Waals surface area contributed by atoms with Gasteiger partial charge in [0, 0.05) is 19.2 Å². The van der Waals surface area contributed by atoms with Gasteiger partial charge in [-0.15, -0.1) is 0 Å². The van der Waals surface area contributed by atoms with Gasteiger partial charge in [0.05, 0.1) is 19.0 Å². The van der Waals surface area contributed by atoms with E-state index in [4.69, 9.17) is 4.74 Å². The van der Waals surface area contributed by atoms with Crippen molar-refractivity contribution in [2.45, 2.75) is 6.54 Å². The molecule has 1 heterocycles. The van der Waals surface area contributed by atoms with Crippen LogP contribution in [0.5, 0.6) is 5.75 Å². The summed E-state index contributed by atoms with van der Waals surface area (Å²) in [6, 6.07) is 4.92. The average Bonchev–Trinajstić information content (AvgIpc) is 2.72. The Morgan fingerprint density at radius 3 is 2.83 bits per heavy atom. The lowest BCUT2D eigenvalue weighted by Gasteiger charge is -2.07. The van der Waals surface area contributed by atoms with E-state index in [1.54, 1.807) is 16.9 Å². The number of methoxy groups -OCH3 is 1. The highest BCUT2D eigenvalue weighted by atomic mass is 19.1. The molecular formula is C13H16FN3O. The number of hydrogen-bond donors (Lipinski definition) is 1. The van der Waals surface area contributed by atoms with Crippen LogP contribution in [-0.4, -0.2) is 23.9 Å². The predicted molar refractivity (Wildman–Crippen MR) is 67.9 cm³/mol. The van der Waals surface area contributed by atoms with Gasteiger partial charge in [0.15, 0.2) is 11.6 Å². The Morgan fingerprint density at radius 1 is 1.44 bits per heavy atom. The highest BCUT2D eigenvalue weighted by molar-refractivity contribution is 5.66. The summed E-state index contributed by atoms with van der Waals surface area (Å²) in [5, 5.41) is 7.29. The van der Waals surface area contributed by atoms with Crippen LogP contribution >= 0.6 is 0 Å². The Hall–Kier alpha value is -1.88. The van der Waals surface area contributed by atoms with Gasteiger partial charge in [0.25, 0.3) is 0 Å². The lowest BCUT2D eigenvalue weighted by atomic mass is 10.1. The summed E-state index contributed by atoms with van der Waals surface area (Å²) in [6.45, 7) is 0.680. The fraction of sp³-hybridized carbons (Fsp3) is 0.308. The third-order valence-corrected chi connectivity index (χ3v) is 2.87. The van der Waals surface area contributed by atoms with E-state index in [9.17, 15) is 4.39 Å². The summed E-state index contributed by atoms with van der Waals surface area (Å²) in [4.78, 5) is 0. The largest absolute Gasteiger partial charge is 0.494 e. The van der Waals surface area contributed by atoms with Crippen LogP contribution in [0.15, 0.2) is 24.4 Å². The van der Waals surface area contributed by atoms with Crippen molar-refractivity contribution < 1.29 is 9.13 Å². The first-order chi connectivity index (χ1) is 8.67. The summed E-state index contributed by atoms with van der Waals surface area (Å²) in [5.41, 5.74) is 2.74. The summed E-state index contributed by atoms with van der Waals surface area (Å²) >= 11 is 0. The van der Waals surface area contributed by atoms with Crippen molar-refractivity contribution in [3.8, 4) is 16.9 Å². The zero-order valence-electron chi connectivity index (χ0n) is 10.7. The topological polar surface area (TPSA) is 39.1 Å². The maximum Gasteiger partial charge on any atom is 0.165 e. The average molecular weight is 249 g/mol. The second kappa shape index (κ2) is 5.18. The molecule has 0 aliphatic heterocycles. The fourth-order valence-electron chi connectivity index (χ4n) is 1.92. The monoisotopic (exact) mass is 249 g/mol. The Kier molecular flexibility index (Phi) is 3.62. The molecule has 0 unspecified atom stereocenters. The molecule has 0 atom stereocenters. The number of aryl methyl sites for hydroxylation is 1. The van der Waals surface area contributed by atoms with Crippen LogP contribution in [0.2, 0.25) is 0 Å². The molecule has 0 aliphatic rings. The molecule has 4 nitrogen and oxygen atoms in total. The molecule has 0 spiro atoms. The molecule has 0 saturated heterocycles. The maximum atomic E-state index is 13.7. The van der Waals surface area contributed by atoms with Gasteiger partial charge in [-0.1, -0.05) is 6.07 Å². The quantitative estimate of drug-likeness (QED) is 0.900. The third-order valence-electron chi connectivity index (χ3n) is 2.87. The van der Waals surface area contributed by atoms with E-state index in [0.717, 1.165) is 16.8 Å². The number of nitrogens with zero attached hydrogens (tertiary/aromatic N) is 2. The fourth-order valence-corrected chi connectivity index (χ4v) is 1.92. The van der Waals surface area contributed by atoms with Crippen molar-refractivity contribution >= 4 is 0 Å². The normalized spacial score (nSPS) is 10.7. The number of halogens is 1. The minimum atomic E-state index is -0.366. The molecule has 0 saturated carbocycles. The van der Waals surface area contributed by atoms with Crippen molar-refractivity contribution in [2.75, 3.05) is 14.2 Å².